The average Bonchev–Trinajstić information content (AvgIpc) is 2.89. The lowest BCUT2D eigenvalue weighted by Crippen LogP contribution is -2.45. The fourth-order valence-corrected chi connectivity index (χ4v) is 4.13. The first-order valence-corrected chi connectivity index (χ1v) is 11.7. The largest absolute Gasteiger partial charge is 0.493 e. The van der Waals surface area contributed by atoms with Gasteiger partial charge in [0.1, 0.15) is 0 Å². The molecule has 0 spiro atoms. The highest BCUT2D eigenvalue weighted by Gasteiger charge is 2.29. The summed E-state index contributed by atoms with van der Waals surface area (Å²) in [7, 11) is 2.98. The van der Waals surface area contributed by atoms with Crippen LogP contribution in [0.15, 0.2) is 42.0 Å². The number of nitrogens with zero attached hydrogens (tertiary/aromatic N) is 1. The molecule has 0 saturated carbocycles. The zero-order valence-electron chi connectivity index (χ0n) is 20.4. The van der Waals surface area contributed by atoms with Crippen LogP contribution in [0.4, 0.5) is 0 Å². The molecule has 9 heteroatoms. The molecule has 188 valence electrons. The molecular weight excluding hydrogens is 452 g/mol. The van der Waals surface area contributed by atoms with Gasteiger partial charge in [0.25, 0.3) is 0 Å². The van der Waals surface area contributed by atoms with Crippen molar-refractivity contribution in [3.05, 3.63) is 47.6 Å². The molecule has 9 nitrogen and oxygen atoms in total. The summed E-state index contributed by atoms with van der Waals surface area (Å²) >= 11 is 0. The number of likely N-dealkylation sites (tertiary alicyclic amines) is 1. The Morgan fingerprint density at radius 2 is 1.77 bits per heavy atom. The van der Waals surface area contributed by atoms with Crippen molar-refractivity contribution in [2.24, 2.45) is 11.8 Å². The van der Waals surface area contributed by atoms with Gasteiger partial charge < -0.3 is 24.4 Å². The number of methoxy groups -OCH3 is 2. The van der Waals surface area contributed by atoms with Crippen LogP contribution in [-0.2, 0) is 19.1 Å². The Balaban J connectivity index is 1.41. The van der Waals surface area contributed by atoms with Crippen molar-refractivity contribution in [3.8, 4) is 11.5 Å². The van der Waals surface area contributed by atoms with Crippen molar-refractivity contribution in [1.82, 2.24) is 10.2 Å². The maximum absolute atomic E-state index is 12.5. The van der Waals surface area contributed by atoms with Crippen LogP contribution in [0.3, 0.4) is 0 Å². The molecule has 1 aliphatic carbocycles. The predicted octanol–water partition coefficient (Wildman–Crippen LogP) is 2.31. The van der Waals surface area contributed by atoms with E-state index < -0.39 is 5.97 Å². The summed E-state index contributed by atoms with van der Waals surface area (Å²) in [4.78, 5) is 51.4. The van der Waals surface area contributed by atoms with E-state index in [4.69, 9.17) is 14.2 Å². The van der Waals surface area contributed by atoms with Crippen molar-refractivity contribution in [2.75, 3.05) is 40.5 Å². The van der Waals surface area contributed by atoms with Crippen molar-refractivity contribution in [2.45, 2.75) is 26.2 Å². The second-order valence-corrected chi connectivity index (χ2v) is 8.63. The smallest absolute Gasteiger partial charge is 0.309 e. The fourth-order valence-electron chi connectivity index (χ4n) is 4.13. The average molecular weight is 485 g/mol. The maximum atomic E-state index is 12.5. The summed E-state index contributed by atoms with van der Waals surface area (Å²) in [6.45, 7) is 2.30. The number of Topliss-reactive ketones (excluding diaryl/α,β-unsaturated/α-hetero) is 1. The SMILES string of the molecule is COc1ccc(C(=O)COC(=O)C2CCN(C(=O)CNC(=O)C3=CC=CCC3C)CC2)cc1OC. The minimum absolute atomic E-state index is 0.0818. The van der Waals surface area contributed by atoms with Crippen LogP contribution >= 0.6 is 0 Å². The number of benzene rings is 1. The lowest BCUT2D eigenvalue weighted by atomic mass is 9.93. The fraction of sp³-hybridized carbons (Fsp3) is 0.462. The summed E-state index contributed by atoms with van der Waals surface area (Å²) in [5.41, 5.74) is 1.02. The molecule has 1 aromatic rings. The topological polar surface area (TPSA) is 111 Å². The van der Waals surface area contributed by atoms with Gasteiger partial charge in [0.2, 0.25) is 11.8 Å². The zero-order valence-corrected chi connectivity index (χ0v) is 20.4. The Labute approximate surface area is 205 Å². The molecule has 1 aromatic carbocycles. The summed E-state index contributed by atoms with van der Waals surface area (Å²) in [5.74, 6) is -0.561. The van der Waals surface area contributed by atoms with Crippen LogP contribution in [0.1, 0.15) is 36.5 Å². The van der Waals surface area contributed by atoms with E-state index in [-0.39, 0.29) is 42.6 Å². The van der Waals surface area contributed by atoms with Crippen LogP contribution in [0.25, 0.3) is 0 Å². The normalized spacial score (nSPS) is 17.9. The Kier molecular flexibility index (Phi) is 9.05. The highest BCUT2D eigenvalue weighted by molar-refractivity contribution is 5.98. The van der Waals surface area contributed by atoms with Crippen molar-refractivity contribution in [3.63, 3.8) is 0 Å². The molecule has 3 rings (SSSR count). The second kappa shape index (κ2) is 12.2. The highest BCUT2D eigenvalue weighted by Crippen LogP contribution is 2.28. The number of ketones is 1. The third-order valence-corrected chi connectivity index (χ3v) is 6.33. The van der Waals surface area contributed by atoms with Gasteiger partial charge in [0.05, 0.1) is 26.7 Å². The first-order valence-electron chi connectivity index (χ1n) is 11.7. The number of esters is 1. The summed E-state index contributed by atoms with van der Waals surface area (Å²) in [6, 6.07) is 4.75. The molecule has 0 radical (unpaired) electrons. The Bertz CT molecular complexity index is 1020. The standard InChI is InChI=1S/C26H32N2O7/c1-17-6-4-5-7-20(17)25(31)27-15-24(30)28-12-10-18(11-13-28)26(32)35-16-21(29)19-8-9-22(33-2)23(14-19)34-3/h4-5,7-9,14,17-18H,6,10-13,15-16H2,1-3H3,(H,27,31). The number of nitrogens with one attached hydrogen (secondary N) is 1. The second-order valence-electron chi connectivity index (χ2n) is 8.63. The molecule has 1 atom stereocenters. The van der Waals surface area contributed by atoms with Crippen molar-refractivity contribution >= 4 is 23.6 Å². The molecule has 1 saturated heterocycles. The van der Waals surface area contributed by atoms with E-state index in [9.17, 15) is 19.2 Å². The maximum Gasteiger partial charge on any atom is 0.309 e. The van der Waals surface area contributed by atoms with Crippen molar-refractivity contribution < 1.29 is 33.4 Å². The molecule has 0 bridgehead atoms. The molecule has 0 aromatic heterocycles. The molecule has 1 unspecified atom stereocenters. The number of hydrogen-bond donors (Lipinski definition) is 1. The van der Waals surface area contributed by atoms with E-state index in [1.807, 2.05) is 19.1 Å². The molecule has 2 amide bonds. The molecule has 1 aliphatic heterocycles. The van der Waals surface area contributed by atoms with Gasteiger partial charge >= 0.3 is 5.97 Å². The summed E-state index contributed by atoms with van der Waals surface area (Å²) in [6.07, 6.45) is 7.32. The van der Waals surface area contributed by atoms with Gasteiger partial charge in [-0.05, 0) is 43.4 Å². The number of piperidine rings is 1. The molecular formula is C26H32N2O7. The Hall–Kier alpha value is -3.62. The van der Waals surface area contributed by atoms with E-state index in [0.29, 0.717) is 48.6 Å². The van der Waals surface area contributed by atoms with E-state index in [0.717, 1.165) is 6.42 Å². The number of rotatable bonds is 9. The minimum atomic E-state index is -0.453. The third kappa shape index (κ3) is 6.71. The molecule has 35 heavy (non-hydrogen) atoms. The lowest BCUT2D eigenvalue weighted by Gasteiger charge is -2.31. The predicted molar refractivity (Wildman–Crippen MR) is 128 cm³/mol. The van der Waals surface area contributed by atoms with Crippen LogP contribution in [0, 0.1) is 11.8 Å². The van der Waals surface area contributed by atoms with Gasteiger partial charge in [-0.3, -0.25) is 19.2 Å². The highest BCUT2D eigenvalue weighted by atomic mass is 16.5. The van der Waals surface area contributed by atoms with Crippen LogP contribution in [0.2, 0.25) is 0 Å². The molecule has 2 aliphatic rings. The molecule has 1 heterocycles. The van der Waals surface area contributed by atoms with Crippen LogP contribution in [0.5, 0.6) is 11.5 Å². The number of amides is 2. The summed E-state index contributed by atoms with van der Waals surface area (Å²) < 4.78 is 15.6. The first-order chi connectivity index (χ1) is 16.8. The van der Waals surface area contributed by atoms with Crippen LogP contribution < -0.4 is 14.8 Å². The van der Waals surface area contributed by atoms with E-state index >= 15 is 0 Å². The monoisotopic (exact) mass is 484 g/mol. The van der Waals surface area contributed by atoms with Crippen LogP contribution in [-0.4, -0.2) is 68.9 Å². The van der Waals surface area contributed by atoms with Gasteiger partial charge in [0, 0.05) is 24.2 Å². The molecule has 1 fully saturated rings. The Morgan fingerprint density at radius 1 is 1.06 bits per heavy atom. The van der Waals surface area contributed by atoms with Gasteiger partial charge in [-0.1, -0.05) is 25.2 Å². The quantitative estimate of drug-likeness (QED) is 0.423. The third-order valence-electron chi connectivity index (χ3n) is 6.33. The number of carbonyl (C=O) groups excluding carboxylic acids is 4. The van der Waals surface area contributed by atoms with Gasteiger partial charge in [-0.25, -0.2) is 0 Å². The summed E-state index contributed by atoms with van der Waals surface area (Å²) in [5, 5.41) is 2.70. The first kappa shape index (κ1) is 26.0. The van der Waals surface area contributed by atoms with Crippen molar-refractivity contribution in [1.29, 1.82) is 0 Å². The van der Waals surface area contributed by atoms with E-state index in [1.54, 1.807) is 29.2 Å². The zero-order chi connectivity index (χ0) is 25.4. The van der Waals surface area contributed by atoms with E-state index in [2.05, 4.69) is 5.32 Å². The number of hydrogen-bond acceptors (Lipinski definition) is 7. The Morgan fingerprint density at radius 3 is 2.43 bits per heavy atom. The van der Waals surface area contributed by atoms with E-state index in [1.165, 1.54) is 14.2 Å². The minimum Gasteiger partial charge on any atom is -0.493 e. The lowest BCUT2D eigenvalue weighted by molar-refractivity contribution is -0.150. The van der Waals surface area contributed by atoms with Gasteiger partial charge in [-0.2, -0.15) is 0 Å². The number of allylic oxidation sites excluding steroid dienone is 3. The number of ether oxygens (including phenoxy) is 3. The molecule has 1 N–H and O–H groups in total. The number of carbonyl (C=O) groups is 4. The van der Waals surface area contributed by atoms with Gasteiger partial charge in [0.15, 0.2) is 23.9 Å². The van der Waals surface area contributed by atoms with Gasteiger partial charge in [-0.15, -0.1) is 0 Å².